The van der Waals surface area contributed by atoms with Crippen LogP contribution in [0.5, 0.6) is 0 Å². The van der Waals surface area contributed by atoms with Gasteiger partial charge in [-0.15, -0.1) is 0 Å². The molecule has 2 aliphatic rings. The SMILES string of the molecule is CCCN(C(=O)CC1(C(=O)NC)CCC1)C1CC1. The fraction of sp³-hybridized carbons (Fsp3) is 0.857. The second kappa shape index (κ2) is 5.29. The summed E-state index contributed by atoms with van der Waals surface area (Å²) in [5, 5.41) is 2.72. The number of carbonyl (C=O) groups excluding carboxylic acids is 2. The van der Waals surface area contributed by atoms with Crippen LogP contribution in [0.15, 0.2) is 0 Å². The molecule has 0 spiro atoms. The Kier molecular flexibility index (Phi) is 3.93. The summed E-state index contributed by atoms with van der Waals surface area (Å²) in [5.74, 6) is 0.233. The van der Waals surface area contributed by atoms with Crippen molar-refractivity contribution in [2.45, 2.75) is 57.9 Å². The molecule has 2 fully saturated rings. The summed E-state index contributed by atoms with van der Waals surface area (Å²) in [7, 11) is 1.66. The van der Waals surface area contributed by atoms with Gasteiger partial charge < -0.3 is 10.2 Å². The van der Waals surface area contributed by atoms with E-state index >= 15 is 0 Å². The number of rotatable bonds is 6. The maximum absolute atomic E-state index is 12.4. The van der Waals surface area contributed by atoms with Crippen molar-refractivity contribution in [3.63, 3.8) is 0 Å². The van der Waals surface area contributed by atoms with E-state index in [4.69, 9.17) is 0 Å². The molecule has 4 nitrogen and oxygen atoms in total. The Hall–Kier alpha value is -1.06. The molecule has 0 saturated heterocycles. The summed E-state index contributed by atoms with van der Waals surface area (Å²) in [5.41, 5.74) is -0.396. The number of amides is 2. The first-order chi connectivity index (χ1) is 8.63. The van der Waals surface area contributed by atoms with Crippen LogP contribution in [0.3, 0.4) is 0 Å². The topological polar surface area (TPSA) is 49.4 Å². The summed E-state index contributed by atoms with van der Waals surface area (Å²) >= 11 is 0. The smallest absolute Gasteiger partial charge is 0.226 e. The van der Waals surface area contributed by atoms with Crippen LogP contribution in [0.1, 0.15) is 51.9 Å². The highest BCUT2D eigenvalue weighted by Gasteiger charge is 2.46. The first-order valence-electron chi connectivity index (χ1n) is 7.14. The number of hydrogen-bond acceptors (Lipinski definition) is 2. The normalized spacial score (nSPS) is 21.0. The Bertz CT molecular complexity index is 333. The quantitative estimate of drug-likeness (QED) is 0.782. The van der Waals surface area contributed by atoms with Gasteiger partial charge in [0, 0.05) is 26.1 Å². The molecule has 1 N–H and O–H groups in total. The molecular formula is C14H24N2O2. The van der Waals surface area contributed by atoms with Gasteiger partial charge in [0.2, 0.25) is 11.8 Å². The summed E-state index contributed by atoms with van der Waals surface area (Å²) in [6.45, 7) is 2.94. The van der Waals surface area contributed by atoms with Crippen molar-refractivity contribution in [3.05, 3.63) is 0 Å². The molecule has 2 aliphatic carbocycles. The molecule has 0 radical (unpaired) electrons. The van der Waals surface area contributed by atoms with E-state index in [9.17, 15) is 9.59 Å². The molecule has 0 aliphatic heterocycles. The lowest BCUT2D eigenvalue weighted by Crippen LogP contribution is -2.48. The largest absolute Gasteiger partial charge is 0.359 e. The highest BCUT2D eigenvalue weighted by atomic mass is 16.2. The third-order valence-corrected chi connectivity index (χ3v) is 4.28. The molecule has 0 aromatic heterocycles. The highest BCUT2D eigenvalue weighted by molar-refractivity contribution is 5.89. The van der Waals surface area contributed by atoms with Crippen LogP contribution in [-0.2, 0) is 9.59 Å². The first-order valence-corrected chi connectivity index (χ1v) is 7.14. The van der Waals surface area contributed by atoms with Crippen LogP contribution in [0.4, 0.5) is 0 Å². The van der Waals surface area contributed by atoms with Gasteiger partial charge in [0.05, 0.1) is 5.41 Å². The lowest BCUT2D eigenvalue weighted by Gasteiger charge is -2.40. The first kappa shape index (κ1) is 13.4. The van der Waals surface area contributed by atoms with Gasteiger partial charge in [0.15, 0.2) is 0 Å². The molecule has 2 amide bonds. The van der Waals surface area contributed by atoms with Gasteiger partial charge in [0.25, 0.3) is 0 Å². The van der Waals surface area contributed by atoms with Crippen molar-refractivity contribution in [2.75, 3.05) is 13.6 Å². The zero-order valence-corrected chi connectivity index (χ0v) is 11.5. The van der Waals surface area contributed by atoms with Crippen LogP contribution in [-0.4, -0.2) is 36.3 Å². The summed E-state index contributed by atoms with van der Waals surface area (Å²) < 4.78 is 0. The van der Waals surface area contributed by atoms with Gasteiger partial charge in [-0.3, -0.25) is 9.59 Å². The van der Waals surface area contributed by atoms with Gasteiger partial charge in [0.1, 0.15) is 0 Å². The van der Waals surface area contributed by atoms with Crippen molar-refractivity contribution in [1.29, 1.82) is 0 Å². The van der Waals surface area contributed by atoms with Gasteiger partial charge in [-0.25, -0.2) is 0 Å². The van der Waals surface area contributed by atoms with Gasteiger partial charge >= 0.3 is 0 Å². The van der Waals surface area contributed by atoms with E-state index in [0.29, 0.717) is 12.5 Å². The van der Waals surface area contributed by atoms with Crippen molar-refractivity contribution in [2.24, 2.45) is 5.41 Å². The summed E-state index contributed by atoms with van der Waals surface area (Å²) in [6.07, 6.45) is 6.47. The molecule has 18 heavy (non-hydrogen) atoms. The van der Waals surface area contributed by atoms with Crippen LogP contribution < -0.4 is 5.32 Å². The molecule has 102 valence electrons. The molecule has 0 atom stereocenters. The molecule has 0 aromatic rings. The fourth-order valence-electron chi connectivity index (χ4n) is 2.88. The van der Waals surface area contributed by atoms with E-state index in [1.165, 1.54) is 0 Å². The van der Waals surface area contributed by atoms with E-state index in [2.05, 4.69) is 12.2 Å². The standard InChI is InChI=1S/C14H24N2O2/c1-3-9-16(11-5-6-11)12(17)10-14(7-4-8-14)13(18)15-2/h11H,3-10H2,1-2H3,(H,15,18). The monoisotopic (exact) mass is 252 g/mol. The summed E-state index contributed by atoms with van der Waals surface area (Å²) in [6, 6.07) is 0.458. The summed E-state index contributed by atoms with van der Waals surface area (Å²) in [4.78, 5) is 26.3. The number of carbonyl (C=O) groups is 2. The molecule has 0 aromatic carbocycles. The number of nitrogens with one attached hydrogen (secondary N) is 1. The molecule has 4 heteroatoms. The lowest BCUT2D eigenvalue weighted by molar-refractivity contribution is -0.146. The van der Waals surface area contributed by atoms with E-state index in [1.54, 1.807) is 7.05 Å². The maximum atomic E-state index is 12.4. The Morgan fingerprint density at radius 3 is 2.39 bits per heavy atom. The van der Waals surface area contributed by atoms with E-state index in [-0.39, 0.29) is 11.8 Å². The van der Waals surface area contributed by atoms with Gasteiger partial charge in [-0.2, -0.15) is 0 Å². The molecule has 0 bridgehead atoms. The minimum absolute atomic E-state index is 0.0503. The molecule has 0 unspecified atom stereocenters. The minimum atomic E-state index is -0.396. The molecular weight excluding hydrogens is 228 g/mol. The van der Waals surface area contributed by atoms with Crippen LogP contribution in [0.25, 0.3) is 0 Å². The zero-order chi connectivity index (χ0) is 13.2. The molecule has 2 rings (SSSR count). The second-order valence-electron chi connectivity index (χ2n) is 5.71. The highest BCUT2D eigenvalue weighted by Crippen LogP contribution is 2.45. The van der Waals surface area contributed by atoms with Crippen LogP contribution in [0, 0.1) is 5.41 Å². The van der Waals surface area contributed by atoms with Crippen molar-refractivity contribution < 1.29 is 9.59 Å². The molecule has 2 saturated carbocycles. The predicted octanol–water partition coefficient (Wildman–Crippen LogP) is 1.69. The van der Waals surface area contributed by atoms with E-state index < -0.39 is 5.41 Å². The Labute approximate surface area is 109 Å². The van der Waals surface area contributed by atoms with Gasteiger partial charge in [-0.1, -0.05) is 13.3 Å². The predicted molar refractivity (Wildman–Crippen MR) is 70.0 cm³/mol. The van der Waals surface area contributed by atoms with Crippen LogP contribution in [0.2, 0.25) is 0 Å². The Balaban J connectivity index is 1.98. The van der Waals surface area contributed by atoms with Crippen LogP contribution >= 0.6 is 0 Å². The third-order valence-electron chi connectivity index (χ3n) is 4.28. The average molecular weight is 252 g/mol. The van der Waals surface area contributed by atoms with E-state index in [0.717, 1.165) is 45.1 Å². The molecule has 0 heterocycles. The second-order valence-corrected chi connectivity index (χ2v) is 5.71. The van der Waals surface area contributed by atoms with E-state index in [1.807, 2.05) is 4.90 Å². The third kappa shape index (κ3) is 2.52. The van der Waals surface area contributed by atoms with Gasteiger partial charge in [-0.05, 0) is 32.1 Å². The maximum Gasteiger partial charge on any atom is 0.226 e. The Morgan fingerprint density at radius 1 is 1.33 bits per heavy atom. The number of nitrogens with zero attached hydrogens (tertiary/aromatic N) is 1. The number of hydrogen-bond donors (Lipinski definition) is 1. The van der Waals surface area contributed by atoms with Crippen molar-refractivity contribution in [1.82, 2.24) is 10.2 Å². The zero-order valence-electron chi connectivity index (χ0n) is 11.5. The van der Waals surface area contributed by atoms with Crippen molar-refractivity contribution >= 4 is 11.8 Å². The lowest BCUT2D eigenvalue weighted by atomic mass is 9.65. The van der Waals surface area contributed by atoms with Crippen molar-refractivity contribution in [3.8, 4) is 0 Å². The Morgan fingerprint density at radius 2 is 2.00 bits per heavy atom. The minimum Gasteiger partial charge on any atom is -0.359 e. The fourth-order valence-corrected chi connectivity index (χ4v) is 2.88. The average Bonchev–Trinajstić information content (AvgIpc) is 3.13.